The Hall–Kier alpha value is 1.13. The Morgan fingerprint density at radius 3 is 2.00 bits per heavy atom. The van der Waals surface area contributed by atoms with Crippen LogP contribution in [0.4, 0.5) is 22.0 Å². The number of rotatable bonds is 7. The van der Waals surface area contributed by atoms with Crippen molar-refractivity contribution in [3.63, 3.8) is 0 Å². The van der Waals surface area contributed by atoms with Gasteiger partial charge in [0.15, 0.2) is 0 Å². The van der Waals surface area contributed by atoms with E-state index in [-0.39, 0.29) is 0 Å². The first-order valence-electron chi connectivity index (χ1n) is 4.31. The van der Waals surface area contributed by atoms with Crippen molar-refractivity contribution in [1.82, 2.24) is 0 Å². The number of halogens is 5. The SMILES string of the molecule is C[O][SnH2][O][SnH]([O]C)[C](F)(F)CCC(F)(F)F. The Labute approximate surface area is 109 Å². The molecule has 0 N–H and O–H groups in total. The minimum atomic E-state index is -4.59. The van der Waals surface area contributed by atoms with E-state index in [0.717, 1.165) is 7.11 Å². The molecule has 0 saturated carbocycles. The molecule has 0 heterocycles. The van der Waals surface area contributed by atoms with Crippen molar-refractivity contribution >= 4 is 42.6 Å². The summed E-state index contributed by atoms with van der Waals surface area (Å²) in [7, 11) is 2.37. The summed E-state index contributed by atoms with van der Waals surface area (Å²) >= 11 is -6.29. The van der Waals surface area contributed by atoms with Gasteiger partial charge in [0.2, 0.25) is 0 Å². The standard InChI is InChI=1S/C4H4F5.2CH3O.O.2Sn.3H/c5-3(6)1-2-4(7,8)9;2*1-2;;;;;;/h1-2H2;2*1H3;;;;;;/q;2*-1;;2*+1;;;. The molecule has 1 unspecified atom stereocenters. The van der Waals surface area contributed by atoms with Gasteiger partial charge in [-0.25, -0.2) is 0 Å². The number of hydrogen-bond acceptors (Lipinski definition) is 3. The van der Waals surface area contributed by atoms with E-state index in [1.807, 2.05) is 0 Å². The molecule has 0 aromatic rings. The summed E-state index contributed by atoms with van der Waals surface area (Å²) in [5.74, 6) is 0. The second-order valence-corrected chi connectivity index (χ2v) is 18.3. The Bertz CT molecular complexity index is 201. The van der Waals surface area contributed by atoms with Crippen molar-refractivity contribution in [2.24, 2.45) is 0 Å². The van der Waals surface area contributed by atoms with Crippen LogP contribution in [-0.4, -0.2) is 66.9 Å². The van der Waals surface area contributed by atoms with E-state index in [9.17, 15) is 22.0 Å². The molecule has 0 aliphatic rings. The molecule has 0 amide bonds. The Kier molecular flexibility index (Phi) is 8.07. The molecule has 0 aromatic carbocycles. The van der Waals surface area contributed by atoms with Gasteiger partial charge in [-0.2, -0.15) is 0 Å². The van der Waals surface area contributed by atoms with Crippen LogP contribution in [-0.2, 0) is 7.56 Å². The third kappa shape index (κ3) is 7.45. The van der Waals surface area contributed by atoms with Gasteiger partial charge in [0.05, 0.1) is 0 Å². The van der Waals surface area contributed by atoms with Crippen molar-refractivity contribution in [3.05, 3.63) is 0 Å². The third-order valence-electron chi connectivity index (χ3n) is 1.64. The molecule has 3 nitrogen and oxygen atoms in total. The molecule has 0 fully saturated rings. The van der Waals surface area contributed by atoms with Gasteiger partial charge in [-0.1, -0.05) is 0 Å². The molecule has 16 heavy (non-hydrogen) atoms. The maximum atomic E-state index is 13.3. The molecule has 0 radical (unpaired) electrons. The van der Waals surface area contributed by atoms with Crippen LogP contribution < -0.4 is 0 Å². The van der Waals surface area contributed by atoms with Crippen LogP contribution in [0.1, 0.15) is 12.8 Å². The van der Waals surface area contributed by atoms with Gasteiger partial charge < -0.3 is 0 Å². The summed E-state index contributed by atoms with van der Waals surface area (Å²) in [6, 6.07) is 0. The predicted molar refractivity (Wildman–Crippen MR) is 51.0 cm³/mol. The Balaban J connectivity index is 4.25. The first-order chi connectivity index (χ1) is 7.23. The van der Waals surface area contributed by atoms with Crippen molar-refractivity contribution in [1.29, 1.82) is 0 Å². The molecule has 0 saturated heterocycles. The normalized spacial score (nSPS) is 15.9. The van der Waals surface area contributed by atoms with Gasteiger partial charge in [-0.3, -0.25) is 0 Å². The topological polar surface area (TPSA) is 27.7 Å². The first kappa shape index (κ1) is 17.1. The van der Waals surface area contributed by atoms with E-state index in [1.165, 1.54) is 7.11 Å². The number of alkyl halides is 5. The van der Waals surface area contributed by atoms with Gasteiger partial charge in [-0.15, -0.1) is 0 Å². The summed E-state index contributed by atoms with van der Waals surface area (Å²) in [5.41, 5.74) is 0. The summed E-state index contributed by atoms with van der Waals surface area (Å²) in [6.45, 7) is 0. The zero-order valence-corrected chi connectivity index (χ0v) is 16.1. The van der Waals surface area contributed by atoms with Crippen LogP contribution in [0.3, 0.4) is 0 Å². The van der Waals surface area contributed by atoms with Crippen LogP contribution in [0, 0.1) is 0 Å². The van der Waals surface area contributed by atoms with Crippen LogP contribution >= 0.6 is 0 Å². The minimum absolute atomic E-state index is 1.05. The van der Waals surface area contributed by atoms with E-state index in [1.54, 1.807) is 0 Å². The fourth-order valence-corrected chi connectivity index (χ4v) is 17.1. The Morgan fingerprint density at radius 2 is 1.62 bits per heavy atom. The van der Waals surface area contributed by atoms with E-state index in [4.69, 9.17) is 1.41 Å². The van der Waals surface area contributed by atoms with Gasteiger partial charge in [0, 0.05) is 0 Å². The molecule has 1 atom stereocenters. The van der Waals surface area contributed by atoms with Crippen LogP contribution in [0.25, 0.3) is 0 Å². The third-order valence-corrected chi connectivity index (χ3v) is 16.0. The molecule has 0 aliphatic carbocycles. The van der Waals surface area contributed by atoms with E-state index in [2.05, 4.69) is 6.15 Å². The number of hydrogen-bond donors (Lipinski definition) is 0. The second kappa shape index (κ2) is 7.54. The average molecular weight is 466 g/mol. The predicted octanol–water partition coefficient (Wildman–Crippen LogP) is 1.03. The fourth-order valence-electron chi connectivity index (χ4n) is 0.918. The van der Waals surface area contributed by atoms with Crippen molar-refractivity contribution < 1.29 is 29.5 Å². The van der Waals surface area contributed by atoms with Crippen LogP contribution in [0.5, 0.6) is 0 Å². The molecule has 0 aromatic heterocycles. The van der Waals surface area contributed by atoms with Gasteiger partial charge in [-0.05, 0) is 0 Å². The quantitative estimate of drug-likeness (QED) is 0.415. The summed E-state index contributed by atoms with van der Waals surface area (Å²) < 4.78 is 72.5. The van der Waals surface area contributed by atoms with Gasteiger partial charge >= 0.3 is 109 Å². The zero-order chi connectivity index (χ0) is 12.8. The molecule has 0 aliphatic heterocycles. The zero-order valence-electron chi connectivity index (χ0n) is 8.81. The van der Waals surface area contributed by atoms with Gasteiger partial charge in [0.1, 0.15) is 0 Å². The molecule has 98 valence electrons. The molecule has 0 bridgehead atoms. The molecule has 0 rings (SSSR count). The maximum absolute atomic E-state index is 13.3. The summed E-state index contributed by atoms with van der Waals surface area (Å²) in [6.07, 6.45) is -7.37. The second-order valence-electron chi connectivity index (χ2n) is 3.02. The molecular formula is C6H13F5O3Sn2. The van der Waals surface area contributed by atoms with E-state index in [0.29, 0.717) is 0 Å². The fraction of sp³-hybridized carbons (Fsp3) is 1.00. The summed E-state index contributed by atoms with van der Waals surface area (Å²) in [5, 5.41) is 0. The van der Waals surface area contributed by atoms with Crippen LogP contribution in [0.2, 0.25) is 0 Å². The Morgan fingerprint density at radius 1 is 1.06 bits per heavy atom. The van der Waals surface area contributed by atoms with E-state index >= 15 is 0 Å². The van der Waals surface area contributed by atoms with Crippen molar-refractivity contribution in [2.45, 2.75) is 23.0 Å². The van der Waals surface area contributed by atoms with Crippen molar-refractivity contribution in [3.8, 4) is 0 Å². The molecule has 0 spiro atoms. The molecular weight excluding hydrogens is 452 g/mol. The van der Waals surface area contributed by atoms with Crippen LogP contribution in [0.15, 0.2) is 0 Å². The summed E-state index contributed by atoms with van der Waals surface area (Å²) in [4.78, 5) is 0. The van der Waals surface area contributed by atoms with E-state index < -0.39 is 65.5 Å². The average Bonchev–Trinajstić information content (AvgIpc) is 2.15. The van der Waals surface area contributed by atoms with Crippen molar-refractivity contribution in [2.75, 3.05) is 14.2 Å². The molecule has 10 heteroatoms. The van der Waals surface area contributed by atoms with Gasteiger partial charge in [0.25, 0.3) is 0 Å². The first-order valence-corrected chi connectivity index (χ1v) is 11.9. The monoisotopic (exact) mass is 468 g/mol.